The largest absolute Gasteiger partial charge is 0.485 e. The minimum atomic E-state index is -0.742. The highest BCUT2D eigenvalue weighted by Gasteiger charge is 2.27. The van der Waals surface area contributed by atoms with Crippen molar-refractivity contribution in [2.75, 3.05) is 17.7 Å². The highest BCUT2D eigenvalue weighted by molar-refractivity contribution is 8.00. The quantitative estimate of drug-likeness (QED) is 0.810. The van der Waals surface area contributed by atoms with Gasteiger partial charge in [0.05, 0.1) is 11.4 Å². The first-order valence-corrected chi connectivity index (χ1v) is 8.31. The molecule has 3 N–H and O–H groups in total. The Morgan fingerprint density at radius 2 is 1.83 bits per heavy atom. The Bertz CT molecular complexity index is 766. The molecule has 1 aliphatic heterocycles. The zero-order chi connectivity index (χ0) is 16.9. The number of nitrogens with two attached hydrogens (primary N) is 1. The molecule has 0 aliphatic carbocycles. The lowest BCUT2D eigenvalue weighted by Gasteiger charge is -2.25. The van der Waals surface area contributed by atoms with E-state index in [-0.39, 0.29) is 18.3 Å². The summed E-state index contributed by atoms with van der Waals surface area (Å²) in [5.74, 6) is 0.584. The number of ether oxygens (including phenoxy) is 2. The van der Waals surface area contributed by atoms with Crippen molar-refractivity contribution in [1.29, 1.82) is 0 Å². The Morgan fingerprint density at radius 1 is 1.12 bits per heavy atom. The van der Waals surface area contributed by atoms with E-state index in [1.807, 2.05) is 24.3 Å². The van der Waals surface area contributed by atoms with E-state index in [0.29, 0.717) is 17.2 Å². The Labute approximate surface area is 143 Å². The maximum absolute atomic E-state index is 12.5. The normalized spacial score (nSPS) is 15.6. The van der Waals surface area contributed by atoms with E-state index in [1.165, 1.54) is 11.8 Å². The van der Waals surface area contributed by atoms with Crippen LogP contribution in [0.15, 0.2) is 53.4 Å². The van der Waals surface area contributed by atoms with Crippen LogP contribution in [0, 0.1) is 0 Å². The zero-order valence-electron chi connectivity index (χ0n) is 12.7. The van der Waals surface area contributed by atoms with E-state index in [1.54, 1.807) is 24.3 Å². The van der Waals surface area contributed by atoms with E-state index in [4.69, 9.17) is 15.2 Å². The average molecular weight is 344 g/mol. The number of carbonyl (C=O) groups excluding carboxylic acids is 2. The number of primary amides is 1. The molecule has 24 heavy (non-hydrogen) atoms. The minimum Gasteiger partial charge on any atom is -0.485 e. The molecule has 124 valence electrons. The van der Waals surface area contributed by atoms with Crippen molar-refractivity contribution in [3.63, 3.8) is 0 Å². The number of amides is 2. The van der Waals surface area contributed by atoms with Gasteiger partial charge in [0.2, 0.25) is 12.0 Å². The van der Waals surface area contributed by atoms with Crippen LogP contribution in [0.5, 0.6) is 11.5 Å². The fourth-order valence-electron chi connectivity index (χ4n) is 2.21. The summed E-state index contributed by atoms with van der Waals surface area (Å²) in [7, 11) is 0. The van der Waals surface area contributed by atoms with Crippen molar-refractivity contribution >= 4 is 29.3 Å². The first-order valence-electron chi connectivity index (χ1n) is 7.33. The third-order valence-electron chi connectivity index (χ3n) is 3.32. The van der Waals surface area contributed by atoms with Crippen molar-refractivity contribution < 1.29 is 19.1 Å². The SMILES string of the molecule is NC(=O)CSc1ccccc1NC(=O)[C@@H]1COc2ccccc2O1. The molecule has 0 unspecified atom stereocenters. The number of carbonyl (C=O) groups is 2. The van der Waals surface area contributed by atoms with Crippen molar-refractivity contribution in [2.24, 2.45) is 5.73 Å². The van der Waals surface area contributed by atoms with E-state index in [2.05, 4.69) is 5.32 Å². The number of hydrogen-bond donors (Lipinski definition) is 2. The molecule has 1 aliphatic rings. The van der Waals surface area contributed by atoms with Crippen LogP contribution < -0.4 is 20.5 Å². The lowest BCUT2D eigenvalue weighted by molar-refractivity contribution is -0.125. The summed E-state index contributed by atoms with van der Waals surface area (Å²) < 4.78 is 11.2. The second-order valence-corrected chi connectivity index (χ2v) is 6.12. The van der Waals surface area contributed by atoms with Gasteiger partial charge in [-0.1, -0.05) is 24.3 Å². The fourth-order valence-corrected chi connectivity index (χ4v) is 2.95. The number of nitrogens with one attached hydrogen (secondary N) is 1. The molecule has 0 aromatic heterocycles. The highest BCUT2D eigenvalue weighted by atomic mass is 32.2. The molecule has 0 fully saturated rings. The monoisotopic (exact) mass is 344 g/mol. The molecule has 2 aromatic carbocycles. The van der Waals surface area contributed by atoms with Crippen LogP contribution in [0.1, 0.15) is 0 Å². The molecule has 3 rings (SSSR count). The van der Waals surface area contributed by atoms with Crippen molar-refractivity contribution in [2.45, 2.75) is 11.0 Å². The molecule has 6 nitrogen and oxygen atoms in total. The molecular weight excluding hydrogens is 328 g/mol. The van der Waals surface area contributed by atoms with Crippen LogP contribution in [0.2, 0.25) is 0 Å². The van der Waals surface area contributed by atoms with Crippen molar-refractivity contribution in [3.05, 3.63) is 48.5 Å². The number of para-hydroxylation sites is 3. The molecule has 0 bridgehead atoms. The first kappa shape index (κ1) is 16.2. The molecule has 0 saturated heterocycles. The first-order chi connectivity index (χ1) is 11.6. The van der Waals surface area contributed by atoms with Crippen LogP contribution in [0.3, 0.4) is 0 Å². The molecule has 2 amide bonds. The van der Waals surface area contributed by atoms with Gasteiger partial charge >= 0.3 is 0 Å². The summed E-state index contributed by atoms with van der Waals surface area (Å²) in [5.41, 5.74) is 5.78. The third kappa shape index (κ3) is 3.80. The van der Waals surface area contributed by atoms with Gasteiger partial charge in [-0.25, -0.2) is 0 Å². The molecule has 1 atom stereocenters. The van der Waals surface area contributed by atoms with Crippen LogP contribution in [-0.4, -0.2) is 30.3 Å². The molecular formula is C17H16N2O4S. The fraction of sp³-hybridized carbons (Fsp3) is 0.176. The van der Waals surface area contributed by atoms with Crippen molar-refractivity contribution in [1.82, 2.24) is 0 Å². The van der Waals surface area contributed by atoms with Crippen LogP contribution in [-0.2, 0) is 9.59 Å². The van der Waals surface area contributed by atoms with Gasteiger partial charge < -0.3 is 20.5 Å². The van der Waals surface area contributed by atoms with Crippen LogP contribution >= 0.6 is 11.8 Å². The summed E-state index contributed by atoms with van der Waals surface area (Å²) in [6.07, 6.45) is -0.742. The van der Waals surface area contributed by atoms with Gasteiger partial charge in [0.1, 0.15) is 6.61 Å². The molecule has 0 saturated carbocycles. The number of fused-ring (bicyclic) bond motifs is 1. The molecule has 0 radical (unpaired) electrons. The maximum atomic E-state index is 12.5. The summed E-state index contributed by atoms with van der Waals surface area (Å²) in [6, 6.07) is 14.4. The van der Waals surface area contributed by atoms with E-state index in [0.717, 1.165) is 4.90 Å². The minimum absolute atomic E-state index is 0.138. The van der Waals surface area contributed by atoms with E-state index >= 15 is 0 Å². The average Bonchev–Trinajstić information content (AvgIpc) is 2.60. The number of hydrogen-bond acceptors (Lipinski definition) is 5. The lowest BCUT2D eigenvalue weighted by Crippen LogP contribution is -2.40. The van der Waals surface area contributed by atoms with Crippen LogP contribution in [0.25, 0.3) is 0 Å². The predicted octanol–water partition coefficient (Wildman–Crippen LogP) is 2.04. The third-order valence-corrected chi connectivity index (χ3v) is 4.41. The summed E-state index contributed by atoms with van der Waals surface area (Å²) in [4.78, 5) is 24.2. The number of anilines is 1. The van der Waals surface area contributed by atoms with Gasteiger partial charge in [-0.3, -0.25) is 9.59 Å². The van der Waals surface area contributed by atoms with Gasteiger partial charge in [-0.05, 0) is 24.3 Å². The topological polar surface area (TPSA) is 90.7 Å². The Hall–Kier alpha value is -2.67. The zero-order valence-corrected chi connectivity index (χ0v) is 13.5. The second-order valence-electron chi connectivity index (χ2n) is 5.10. The molecule has 1 heterocycles. The van der Waals surface area contributed by atoms with Gasteiger partial charge in [0.15, 0.2) is 11.5 Å². The van der Waals surface area contributed by atoms with Crippen molar-refractivity contribution in [3.8, 4) is 11.5 Å². The van der Waals surface area contributed by atoms with E-state index in [9.17, 15) is 9.59 Å². The Kier molecular flexibility index (Phi) is 4.90. The van der Waals surface area contributed by atoms with Gasteiger partial charge in [0, 0.05) is 4.90 Å². The summed E-state index contributed by atoms with van der Waals surface area (Å²) >= 11 is 1.27. The Balaban J connectivity index is 1.68. The molecule has 0 spiro atoms. The smallest absolute Gasteiger partial charge is 0.269 e. The summed E-state index contributed by atoms with van der Waals surface area (Å²) in [6.45, 7) is 0.138. The van der Waals surface area contributed by atoms with Gasteiger partial charge in [-0.2, -0.15) is 0 Å². The second kappa shape index (κ2) is 7.27. The van der Waals surface area contributed by atoms with Gasteiger partial charge in [-0.15, -0.1) is 11.8 Å². The Morgan fingerprint density at radius 3 is 2.62 bits per heavy atom. The maximum Gasteiger partial charge on any atom is 0.269 e. The molecule has 2 aromatic rings. The number of benzene rings is 2. The van der Waals surface area contributed by atoms with Gasteiger partial charge in [0.25, 0.3) is 5.91 Å². The summed E-state index contributed by atoms with van der Waals surface area (Å²) in [5, 5.41) is 2.82. The number of rotatable bonds is 5. The number of thioether (sulfide) groups is 1. The lowest BCUT2D eigenvalue weighted by atomic mass is 10.2. The van der Waals surface area contributed by atoms with E-state index < -0.39 is 12.0 Å². The standard InChI is InChI=1S/C17H16N2O4S/c18-16(20)10-24-15-8-4-1-5-11(15)19-17(21)14-9-22-12-6-2-3-7-13(12)23-14/h1-8,14H,9-10H2,(H2,18,20)(H,19,21)/t14-/m0/s1. The highest BCUT2D eigenvalue weighted by Crippen LogP contribution is 2.32. The molecule has 7 heteroatoms. The van der Waals surface area contributed by atoms with Crippen LogP contribution in [0.4, 0.5) is 5.69 Å². The predicted molar refractivity (Wildman–Crippen MR) is 91.3 cm³/mol.